The van der Waals surface area contributed by atoms with E-state index in [1.807, 2.05) is 36.4 Å². The molecule has 4 aromatic heterocycles. The molecule has 2 aromatic carbocycles. The van der Waals surface area contributed by atoms with Gasteiger partial charge in [0.1, 0.15) is 28.5 Å². The number of fused-ring (bicyclic) bond motifs is 2. The third-order valence-electron chi connectivity index (χ3n) is 5.35. The Bertz CT molecular complexity index is 1590. The fraction of sp³-hybridized carbons (Fsp3) is 0. The average molecular weight is 422 g/mol. The van der Waals surface area contributed by atoms with Gasteiger partial charge in [-0.2, -0.15) is 5.10 Å². The van der Waals surface area contributed by atoms with E-state index in [9.17, 15) is 9.50 Å². The van der Waals surface area contributed by atoms with Gasteiger partial charge in [0, 0.05) is 29.4 Å². The van der Waals surface area contributed by atoms with Crippen LogP contribution >= 0.6 is 0 Å². The van der Waals surface area contributed by atoms with E-state index in [1.165, 1.54) is 6.07 Å². The molecule has 0 bridgehead atoms. The van der Waals surface area contributed by atoms with Crippen molar-refractivity contribution in [3.05, 3.63) is 79.0 Å². The van der Waals surface area contributed by atoms with Gasteiger partial charge in [-0.3, -0.25) is 15.1 Å². The number of halogens is 1. The quantitative estimate of drug-likeness (QED) is 0.369. The van der Waals surface area contributed by atoms with Gasteiger partial charge in [-0.05, 0) is 47.5 Å². The molecule has 0 aliphatic carbocycles. The van der Waals surface area contributed by atoms with Crippen LogP contribution in [0.1, 0.15) is 0 Å². The van der Waals surface area contributed by atoms with Gasteiger partial charge >= 0.3 is 0 Å². The van der Waals surface area contributed by atoms with Gasteiger partial charge in [-0.25, -0.2) is 9.37 Å². The minimum atomic E-state index is -0.494. The second-order valence-corrected chi connectivity index (χ2v) is 7.40. The van der Waals surface area contributed by atoms with Crippen molar-refractivity contribution in [1.29, 1.82) is 0 Å². The fourth-order valence-corrected chi connectivity index (χ4v) is 3.92. The maximum atomic E-state index is 13.9. The first-order valence-corrected chi connectivity index (χ1v) is 9.89. The van der Waals surface area contributed by atoms with E-state index >= 15 is 0 Å². The highest BCUT2D eigenvalue weighted by Gasteiger charge is 2.16. The lowest BCUT2D eigenvalue weighted by Gasteiger charge is -2.05. The second kappa shape index (κ2) is 6.98. The van der Waals surface area contributed by atoms with Crippen LogP contribution < -0.4 is 0 Å². The molecule has 6 aromatic rings. The Morgan fingerprint density at radius 2 is 1.84 bits per heavy atom. The zero-order valence-electron chi connectivity index (χ0n) is 16.5. The second-order valence-electron chi connectivity index (χ2n) is 7.40. The Morgan fingerprint density at radius 3 is 2.69 bits per heavy atom. The Morgan fingerprint density at radius 1 is 0.906 bits per heavy atom. The summed E-state index contributed by atoms with van der Waals surface area (Å²) in [5.41, 5.74) is 6.54. The summed E-state index contributed by atoms with van der Waals surface area (Å²) < 4.78 is 13.9. The number of phenols is 1. The molecule has 3 N–H and O–H groups in total. The molecule has 0 saturated heterocycles. The molecule has 0 saturated carbocycles. The third kappa shape index (κ3) is 2.97. The van der Waals surface area contributed by atoms with Gasteiger partial charge < -0.3 is 10.1 Å². The van der Waals surface area contributed by atoms with Crippen LogP contribution in [-0.2, 0) is 0 Å². The van der Waals surface area contributed by atoms with Crippen molar-refractivity contribution in [3.8, 4) is 39.7 Å². The average Bonchev–Trinajstić information content (AvgIpc) is 3.42. The summed E-state index contributed by atoms with van der Waals surface area (Å²) in [6.07, 6.45) is 4.91. The first-order valence-electron chi connectivity index (χ1n) is 9.89. The van der Waals surface area contributed by atoms with E-state index in [0.29, 0.717) is 28.2 Å². The first kappa shape index (κ1) is 18.2. The van der Waals surface area contributed by atoms with Gasteiger partial charge in [0.15, 0.2) is 0 Å². The van der Waals surface area contributed by atoms with Crippen molar-refractivity contribution >= 4 is 21.9 Å². The Labute approximate surface area is 180 Å². The maximum absolute atomic E-state index is 13.9. The van der Waals surface area contributed by atoms with Gasteiger partial charge in [0.2, 0.25) is 0 Å². The molecule has 8 heteroatoms. The lowest BCUT2D eigenvalue weighted by Crippen LogP contribution is -1.89. The Balaban J connectivity index is 1.52. The molecule has 4 heterocycles. The number of nitrogens with zero attached hydrogens (tertiary/aromatic N) is 4. The van der Waals surface area contributed by atoms with E-state index in [4.69, 9.17) is 4.98 Å². The third-order valence-corrected chi connectivity index (χ3v) is 5.35. The van der Waals surface area contributed by atoms with Gasteiger partial charge in [0.05, 0.1) is 23.1 Å². The SMILES string of the molecule is Oc1cc(F)cc(-c2cccc3[nH]c(-c4n[nH]c5ccc(-c6cnccn6)nc45)cc23)c1. The lowest BCUT2D eigenvalue weighted by atomic mass is 10.0. The first-order chi connectivity index (χ1) is 15.7. The van der Waals surface area contributed by atoms with E-state index < -0.39 is 5.82 Å². The van der Waals surface area contributed by atoms with Crippen LogP contribution in [0, 0.1) is 5.82 Å². The molecular weight excluding hydrogens is 407 g/mol. The molecular formula is C24H15FN6O. The highest BCUT2D eigenvalue weighted by molar-refractivity contribution is 6.00. The number of H-pyrrole nitrogens is 2. The molecule has 32 heavy (non-hydrogen) atoms. The van der Waals surface area contributed by atoms with Crippen LogP contribution in [0.5, 0.6) is 5.75 Å². The largest absolute Gasteiger partial charge is 0.508 e. The summed E-state index contributed by atoms with van der Waals surface area (Å²) in [5, 5.41) is 18.2. The summed E-state index contributed by atoms with van der Waals surface area (Å²) in [5.74, 6) is -0.612. The van der Waals surface area contributed by atoms with Crippen LogP contribution in [0.4, 0.5) is 4.39 Å². The van der Waals surface area contributed by atoms with Crippen LogP contribution in [0.3, 0.4) is 0 Å². The number of pyridine rings is 1. The van der Waals surface area contributed by atoms with Gasteiger partial charge in [-0.15, -0.1) is 0 Å². The summed E-state index contributed by atoms with van der Waals surface area (Å²) in [4.78, 5) is 16.6. The fourth-order valence-electron chi connectivity index (χ4n) is 3.92. The number of hydrogen-bond acceptors (Lipinski definition) is 5. The van der Waals surface area contributed by atoms with Gasteiger partial charge in [0.25, 0.3) is 0 Å². The number of aromatic hydroxyl groups is 1. The van der Waals surface area contributed by atoms with Gasteiger partial charge in [-0.1, -0.05) is 12.1 Å². The van der Waals surface area contributed by atoms with E-state index in [-0.39, 0.29) is 5.75 Å². The normalized spacial score (nSPS) is 11.4. The molecule has 0 unspecified atom stereocenters. The number of aromatic nitrogens is 6. The highest BCUT2D eigenvalue weighted by atomic mass is 19.1. The molecule has 0 aliphatic heterocycles. The van der Waals surface area contributed by atoms with Crippen molar-refractivity contribution in [2.45, 2.75) is 0 Å². The topological polar surface area (TPSA) is 103 Å². The lowest BCUT2D eigenvalue weighted by molar-refractivity contribution is 0.469. The zero-order valence-corrected chi connectivity index (χ0v) is 16.5. The Kier molecular flexibility index (Phi) is 3.97. The molecule has 7 nitrogen and oxygen atoms in total. The van der Waals surface area contributed by atoms with E-state index in [1.54, 1.807) is 24.7 Å². The number of benzene rings is 2. The number of phenolic OH excluding ortho intramolecular Hbond substituents is 1. The monoisotopic (exact) mass is 422 g/mol. The van der Waals surface area contributed by atoms with Crippen LogP contribution in [-0.4, -0.2) is 35.2 Å². The number of hydrogen-bond donors (Lipinski definition) is 3. The summed E-state index contributed by atoms with van der Waals surface area (Å²) in [7, 11) is 0. The van der Waals surface area contributed by atoms with Crippen molar-refractivity contribution < 1.29 is 9.50 Å². The smallest absolute Gasteiger partial charge is 0.135 e. The minimum Gasteiger partial charge on any atom is -0.508 e. The van der Waals surface area contributed by atoms with Crippen LogP contribution in [0.25, 0.3) is 55.8 Å². The molecule has 0 spiro atoms. The zero-order chi connectivity index (χ0) is 21.7. The van der Waals surface area contributed by atoms with E-state index in [2.05, 4.69) is 25.1 Å². The Hall–Kier alpha value is -4.59. The molecule has 0 amide bonds. The van der Waals surface area contributed by atoms with Crippen LogP contribution in [0.15, 0.2) is 73.2 Å². The van der Waals surface area contributed by atoms with Crippen LogP contribution in [0.2, 0.25) is 0 Å². The maximum Gasteiger partial charge on any atom is 0.135 e. The molecule has 6 rings (SSSR count). The van der Waals surface area contributed by atoms with Crippen molar-refractivity contribution in [3.63, 3.8) is 0 Å². The molecule has 0 radical (unpaired) electrons. The standard InChI is InChI=1S/C24H15FN6O/c25-14-8-13(9-15(32)10-14)16-2-1-3-18-17(16)11-21(28-18)24-23-20(30-31-24)5-4-19(29-23)22-12-26-6-7-27-22/h1-12,28,32H,(H,30,31). The van der Waals surface area contributed by atoms with Crippen molar-refractivity contribution in [2.24, 2.45) is 0 Å². The molecule has 0 atom stereocenters. The molecule has 154 valence electrons. The molecule has 0 aliphatic rings. The van der Waals surface area contributed by atoms with E-state index in [0.717, 1.165) is 33.7 Å². The summed E-state index contributed by atoms with van der Waals surface area (Å²) >= 11 is 0. The number of nitrogens with one attached hydrogen (secondary N) is 2. The summed E-state index contributed by atoms with van der Waals surface area (Å²) in [6, 6.07) is 15.5. The highest BCUT2D eigenvalue weighted by Crippen LogP contribution is 2.35. The predicted octanol–water partition coefficient (Wildman–Crippen LogP) is 5.07. The number of rotatable bonds is 3. The van der Waals surface area contributed by atoms with Crippen molar-refractivity contribution in [1.82, 2.24) is 30.1 Å². The summed E-state index contributed by atoms with van der Waals surface area (Å²) in [6.45, 7) is 0. The number of aromatic amines is 2. The predicted molar refractivity (Wildman–Crippen MR) is 119 cm³/mol. The molecule has 0 fully saturated rings. The minimum absolute atomic E-state index is 0.119. The van der Waals surface area contributed by atoms with Crippen molar-refractivity contribution in [2.75, 3.05) is 0 Å².